The highest BCUT2D eigenvalue weighted by Crippen LogP contribution is 2.45. The smallest absolute Gasteiger partial charge is 0.0122 e. The average molecular weight is 239 g/mol. The van der Waals surface area contributed by atoms with Gasteiger partial charge in [-0.25, -0.2) is 0 Å². The Hall–Kier alpha value is -0.0400. The largest absolute Gasteiger partial charge is 0.301 e. The number of hydrogen-bond acceptors (Lipinski definition) is 1. The fraction of sp³-hybridized carbons (Fsp3) is 1.00. The van der Waals surface area contributed by atoms with Crippen LogP contribution in [0.5, 0.6) is 0 Å². The van der Waals surface area contributed by atoms with E-state index in [0.717, 1.165) is 17.8 Å². The molecule has 0 spiro atoms. The van der Waals surface area contributed by atoms with Crippen molar-refractivity contribution in [3.05, 3.63) is 0 Å². The van der Waals surface area contributed by atoms with Crippen molar-refractivity contribution in [2.24, 2.45) is 23.2 Å². The lowest BCUT2D eigenvalue weighted by atomic mass is 9.79. The van der Waals surface area contributed by atoms with Crippen molar-refractivity contribution >= 4 is 0 Å². The number of hydrogen-bond donors (Lipinski definition) is 0. The van der Waals surface area contributed by atoms with E-state index >= 15 is 0 Å². The first-order chi connectivity index (χ1) is 7.51. The molecule has 1 fully saturated rings. The van der Waals surface area contributed by atoms with Crippen molar-refractivity contribution in [1.82, 2.24) is 4.90 Å². The second-order valence-corrected chi connectivity index (χ2v) is 8.32. The minimum absolute atomic E-state index is 0.305. The summed E-state index contributed by atoms with van der Waals surface area (Å²) in [5.41, 5.74) is 0.794. The summed E-state index contributed by atoms with van der Waals surface area (Å²) in [7, 11) is 2.27. The third kappa shape index (κ3) is 3.98. The van der Waals surface area contributed by atoms with Crippen LogP contribution in [0.2, 0.25) is 0 Å². The van der Waals surface area contributed by atoms with Crippen LogP contribution in [0.1, 0.15) is 61.3 Å². The standard InChI is InChI=1S/C16H33N/c1-12-9-14(15(2,3)4)10-13(12)11-17(8)16(5,6)7/h12-14H,9-11H2,1-8H3. The highest BCUT2D eigenvalue weighted by molar-refractivity contribution is 4.89. The molecule has 102 valence electrons. The molecule has 1 saturated carbocycles. The van der Waals surface area contributed by atoms with E-state index in [9.17, 15) is 0 Å². The Labute approximate surface area is 109 Å². The van der Waals surface area contributed by atoms with Gasteiger partial charge in [0.1, 0.15) is 0 Å². The van der Waals surface area contributed by atoms with Crippen molar-refractivity contribution in [3.63, 3.8) is 0 Å². The highest BCUT2D eigenvalue weighted by Gasteiger charge is 2.38. The normalized spacial score (nSPS) is 31.2. The zero-order valence-electron chi connectivity index (χ0n) is 13.3. The first-order valence-electron chi connectivity index (χ1n) is 7.23. The molecule has 1 aliphatic rings. The van der Waals surface area contributed by atoms with E-state index in [1.54, 1.807) is 0 Å². The molecule has 0 amide bonds. The molecule has 3 atom stereocenters. The predicted octanol–water partition coefficient (Wildman–Crippen LogP) is 4.43. The van der Waals surface area contributed by atoms with E-state index in [1.807, 2.05) is 0 Å². The molecular weight excluding hydrogens is 206 g/mol. The SMILES string of the molecule is CC1CC(C(C)(C)C)CC1CN(C)C(C)(C)C. The van der Waals surface area contributed by atoms with Gasteiger partial charge in [0.2, 0.25) is 0 Å². The van der Waals surface area contributed by atoms with Crippen molar-refractivity contribution < 1.29 is 0 Å². The van der Waals surface area contributed by atoms with Gasteiger partial charge in [-0.2, -0.15) is 0 Å². The van der Waals surface area contributed by atoms with E-state index in [-0.39, 0.29) is 0 Å². The Morgan fingerprint density at radius 2 is 1.53 bits per heavy atom. The fourth-order valence-electron chi connectivity index (χ4n) is 2.92. The van der Waals surface area contributed by atoms with Crippen LogP contribution >= 0.6 is 0 Å². The molecule has 1 heteroatoms. The zero-order valence-corrected chi connectivity index (χ0v) is 13.3. The van der Waals surface area contributed by atoms with Crippen LogP contribution in [-0.4, -0.2) is 24.0 Å². The van der Waals surface area contributed by atoms with Gasteiger partial charge in [0.05, 0.1) is 0 Å². The molecule has 3 unspecified atom stereocenters. The van der Waals surface area contributed by atoms with Gasteiger partial charge in [0.25, 0.3) is 0 Å². The number of rotatable bonds is 2. The molecular formula is C16H33N. The second kappa shape index (κ2) is 4.91. The fourth-order valence-corrected chi connectivity index (χ4v) is 2.92. The summed E-state index contributed by atoms with van der Waals surface area (Å²) >= 11 is 0. The van der Waals surface area contributed by atoms with E-state index in [4.69, 9.17) is 0 Å². The lowest BCUT2D eigenvalue weighted by molar-refractivity contribution is 0.135. The maximum atomic E-state index is 2.53. The first-order valence-corrected chi connectivity index (χ1v) is 7.23. The maximum absolute atomic E-state index is 2.53. The summed E-state index contributed by atoms with van der Waals surface area (Å²) in [6.45, 7) is 17.9. The molecule has 0 radical (unpaired) electrons. The van der Waals surface area contributed by atoms with E-state index < -0.39 is 0 Å². The molecule has 0 bridgehead atoms. The Morgan fingerprint density at radius 3 is 1.88 bits per heavy atom. The van der Waals surface area contributed by atoms with Gasteiger partial charge in [-0.05, 0) is 63.8 Å². The van der Waals surface area contributed by atoms with Crippen LogP contribution in [0.3, 0.4) is 0 Å². The van der Waals surface area contributed by atoms with E-state index in [0.29, 0.717) is 11.0 Å². The molecule has 0 aromatic carbocycles. The minimum Gasteiger partial charge on any atom is -0.301 e. The van der Waals surface area contributed by atoms with Gasteiger partial charge in [0, 0.05) is 12.1 Å². The van der Waals surface area contributed by atoms with Crippen LogP contribution in [-0.2, 0) is 0 Å². The molecule has 1 rings (SSSR count). The summed E-state index contributed by atoms with van der Waals surface area (Å²) in [6.07, 6.45) is 2.84. The quantitative estimate of drug-likeness (QED) is 0.689. The van der Waals surface area contributed by atoms with Gasteiger partial charge < -0.3 is 4.90 Å². The molecule has 0 saturated heterocycles. The molecule has 0 aromatic rings. The van der Waals surface area contributed by atoms with Crippen molar-refractivity contribution in [1.29, 1.82) is 0 Å². The third-order valence-corrected chi connectivity index (χ3v) is 4.93. The Balaban J connectivity index is 2.57. The minimum atomic E-state index is 0.305. The van der Waals surface area contributed by atoms with E-state index in [1.165, 1.54) is 19.4 Å². The van der Waals surface area contributed by atoms with Gasteiger partial charge in [-0.1, -0.05) is 27.7 Å². The summed E-state index contributed by atoms with van der Waals surface area (Å²) in [5, 5.41) is 0. The van der Waals surface area contributed by atoms with E-state index in [2.05, 4.69) is 60.4 Å². The van der Waals surface area contributed by atoms with Crippen LogP contribution in [0, 0.1) is 23.2 Å². The molecule has 17 heavy (non-hydrogen) atoms. The summed E-state index contributed by atoms with van der Waals surface area (Å²) < 4.78 is 0. The van der Waals surface area contributed by atoms with Crippen LogP contribution in [0.25, 0.3) is 0 Å². The van der Waals surface area contributed by atoms with Crippen LogP contribution in [0.4, 0.5) is 0 Å². The highest BCUT2D eigenvalue weighted by atomic mass is 15.2. The maximum Gasteiger partial charge on any atom is 0.0122 e. The lowest BCUT2D eigenvalue weighted by Crippen LogP contribution is -2.41. The average Bonchev–Trinajstić information content (AvgIpc) is 2.45. The molecule has 0 N–H and O–H groups in total. The molecule has 0 heterocycles. The number of nitrogens with zero attached hydrogens (tertiary/aromatic N) is 1. The summed E-state index contributed by atoms with van der Waals surface area (Å²) in [4.78, 5) is 2.53. The monoisotopic (exact) mass is 239 g/mol. The van der Waals surface area contributed by atoms with Crippen LogP contribution < -0.4 is 0 Å². The second-order valence-electron chi connectivity index (χ2n) is 8.32. The first kappa shape index (κ1) is 15.0. The van der Waals surface area contributed by atoms with Gasteiger partial charge in [0.15, 0.2) is 0 Å². The molecule has 1 nitrogen and oxygen atoms in total. The van der Waals surface area contributed by atoms with Gasteiger partial charge >= 0.3 is 0 Å². The van der Waals surface area contributed by atoms with Crippen molar-refractivity contribution in [3.8, 4) is 0 Å². The van der Waals surface area contributed by atoms with Gasteiger partial charge in [-0.3, -0.25) is 0 Å². The lowest BCUT2D eigenvalue weighted by Gasteiger charge is -2.35. The Kier molecular flexibility index (Phi) is 4.34. The van der Waals surface area contributed by atoms with Gasteiger partial charge in [-0.15, -0.1) is 0 Å². The third-order valence-electron chi connectivity index (χ3n) is 4.93. The van der Waals surface area contributed by atoms with Crippen LogP contribution in [0.15, 0.2) is 0 Å². The molecule has 0 aromatic heterocycles. The van der Waals surface area contributed by atoms with Crippen molar-refractivity contribution in [2.75, 3.05) is 13.6 Å². The molecule has 0 aliphatic heterocycles. The summed E-state index contributed by atoms with van der Waals surface area (Å²) in [6, 6.07) is 0. The Bertz CT molecular complexity index is 243. The topological polar surface area (TPSA) is 3.24 Å². The molecule has 1 aliphatic carbocycles. The predicted molar refractivity (Wildman–Crippen MR) is 77.2 cm³/mol. The van der Waals surface area contributed by atoms with Crippen molar-refractivity contribution in [2.45, 2.75) is 66.8 Å². The Morgan fingerprint density at radius 1 is 1.00 bits per heavy atom. The zero-order chi connectivity index (χ0) is 13.4. The summed E-state index contributed by atoms with van der Waals surface area (Å²) in [5.74, 6) is 2.70.